The van der Waals surface area contributed by atoms with Crippen LogP contribution in [0.2, 0.25) is 0 Å². The second-order valence-electron chi connectivity index (χ2n) is 5.97. The average Bonchev–Trinajstić information content (AvgIpc) is 2.84. The van der Waals surface area contributed by atoms with Crippen LogP contribution in [0.1, 0.15) is 33.1 Å². The quantitative estimate of drug-likeness (QED) is 0.737. The first-order valence-corrected chi connectivity index (χ1v) is 7.28. The first kappa shape index (κ1) is 16.2. The van der Waals surface area contributed by atoms with Crippen LogP contribution < -0.4 is 10.6 Å². The van der Waals surface area contributed by atoms with Crippen molar-refractivity contribution in [1.29, 1.82) is 0 Å². The molecule has 1 saturated heterocycles. The molecule has 1 heterocycles. The highest BCUT2D eigenvalue weighted by Crippen LogP contribution is 2.10. The Morgan fingerprint density at radius 2 is 2.11 bits per heavy atom. The van der Waals surface area contributed by atoms with E-state index in [1.165, 1.54) is 0 Å². The molecule has 0 aromatic carbocycles. The zero-order valence-electron chi connectivity index (χ0n) is 12.7. The van der Waals surface area contributed by atoms with Gasteiger partial charge in [-0.15, -0.1) is 0 Å². The summed E-state index contributed by atoms with van der Waals surface area (Å²) < 4.78 is 5.47. The Morgan fingerprint density at radius 3 is 2.63 bits per heavy atom. The number of urea groups is 1. The van der Waals surface area contributed by atoms with Gasteiger partial charge in [0.05, 0.1) is 6.10 Å². The normalized spacial score (nSPS) is 20.8. The third-order valence-corrected chi connectivity index (χ3v) is 3.49. The van der Waals surface area contributed by atoms with E-state index in [0.29, 0.717) is 25.0 Å². The fourth-order valence-corrected chi connectivity index (χ4v) is 2.31. The highest BCUT2D eigenvalue weighted by molar-refractivity contribution is 5.73. The Kier molecular flexibility index (Phi) is 7.16. The minimum Gasteiger partial charge on any atom is -0.376 e. The first-order chi connectivity index (χ1) is 8.99. The van der Waals surface area contributed by atoms with E-state index < -0.39 is 0 Å². The van der Waals surface area contributed by atoms with Crippen LogP contribution in [-0.2, 0) is 4.74 Å². The summed E-state index contributed by atoms with van der Waals surface area (Å²) in [4.78, 5) is 13.9. The van der Waals surface area contributed by atoms with Crippen molar-refractivity contribution in [3.8, 4) is 0 Å². The summed E-state index contributed by atoms with van der Waals surface area (Å²) in [7, 11) is 4.11. The lowest BCUT2D eigenvalue weighted by Gasteiger charge is -2.26. The van der Waals surface area contributed by atoms with Crippen LogP contribution >= 0.6 is 0 Å². The molecule has 0 saturated carbocycles. The molecule has 0 unspecified atom stereocenters. The molecule has 5 nitrogen and oxygen atoms in total. The van der Waals surface area contributed by atoms with Gasteiger partial charge in [-0.1, -0.05) is 13.8 Å². The summed E-state index contributed by atoms with van der Waals surface area (Å²) in [6.45, 7) is 6.53. The Bertz CT molecular complexity index is 263. The predicted octanol–water partition coefficient (Wildman–Crippen LogP) is 1.44. The van der Waals surface area contributed by atoms with E-state index in [9.17, 15) is 4.79 Å². The molecule has 2 amide bonds. The standard InChI is InChI=1S/C14H29N3O2/c1-11(2)8-12(17(3)4)9-15-14(18)16-10-13-6-5-7-19-13/h11-13H,5-10H2,1-4H3,(H2,15,16,18)/t12-,13+/m0/s1. The van der Waals surface area contributed by atoms with Gasteiger partial charge < -0.3 is 20.3 Å². The van der Waals surface area contributed by atoms with E-state index in [1.54, 1.807) is 0 Å². The molecule has 5 heteroatoms. The molecule has 0 aliphatic carbocycles. The van der Waals surface area contributed by atoms with Crippen molar-refractivity contribution in [3.63, 3.8) is 0 Å². The monoisotopic (exact) mass is 271 g/mol. The highest BCUT2D eigenvalue weighted by Gasteiger charge is 2.17. The Hall–Kier alpha value is -0.810. The zero-order chi connectivity index (χ0) is 14.3. The van der Waals surface area contributed by atoms with Crippen molar-refractivity contribution in [2.75, 3.05) is 33.8 Å². The van der Waals surface area contributed by atoms with Gasteiger partial charge in [0.25, 0.3) is 0 Å². The summed E-state index contributed by atoms with van der Waals surface area (Å²) >= 11 is 0. The predicted molar refractivity (Wildman–Crippen MR) is 77.3 cm³/mol. The van der Waals surface area contributed by atoms with Crippen molar-refractivity contribution in [1.82, 2.24) is 15.5 Å². The van der Waals surface area contributed by atoms with Gasteiger partial charge in [-0.2, -0.15) is 0 Å². The molecule has 2 N–H and O–H groups in total. The summed E-state index contributed by atoms with van der Waals surface area (Å²) in [6.07, 6.45) is 3.43. The van der Waals surface area contributed by atoms with Crippen LogP contribution in [0.25, 0.3) is 0 Å². The van der Waals surface area contributed by atoms with Gasteiger partial charge in [0, 0.05) is 25.7 Å². The summed E-state index contributed by atoms with van der Waals surface area (Å²) in [5.74, 6) is 0.629. The lowest BCUT2D eigenvalue weighted by atomic mass is 10.0. The summed E-state index contributed by atoms with van der Waals surface area (Å²) in [6, 6.07) is 0.291. The molecule has 112 valence electrons. The number of hydrogen-bond acceptors (Lipinski definition) is 3. The van der Waals surface area contributed by atoms with Crippen LogP contribution in [0, 0.1) is 5.92 Å². The molecule has 19 heavy (non-hydrogen) atoms. The average molecular weight is 271 g/mol. The SMILES string of the molecule is CC(C)C[C@@H](CNC(=O)NC[C@H]1CCCO1)N(C)C. The minimum atomic E-state index is -0.0916. The molecule has 1 aliphatic rings. The third kappa shape index (κ3) is 6.78. The molecule has 0 radical (unpaired) electrons. The molecule has 0 bridgehead atoms. The van der Waals surface area contributed by atoms with Crippen LogP contribution in [0.15, 0.2) is 0 Å². The lowest BCUT2D eigenvalue weighted by Crippen LogP contribution is -2.46. The maximum atomic E-state index is 11.7. The van der Waals surface area contributed by atoms with E-state index in [2.05, 4.69) is 43.5 Å². The topological polar surface area (TPSA) is 53.6 Å². The van der Waals surface area contributed by atoms with E-state index in [-0.39, 0.29) is 12.1 Å². The van der Waals surface area contributed by atoms with Crippen molar-refractivity contribution in [3.05, 3.63) is 0 Å². The minimum absolute atomic E-state index is 0.0916. The molecular formula is C14H29N3O2. The number of carbonyl (C=O) groups excluding carboxylic acids is 1. The fraction of sp³-hybridized carbons (Fsp3) is 0.929. The van der Waals surface area contributed by atoms with Gasteiger partial charge in [0.1, 0.15) is 0 Å². The molecule has 1 fully saturated rings. The molecular weight excluding hydrogens is 242 g/mol. The fourth-order valence-electron chi connectivity index (χ4n) is 2.31. The van der Waals surface area contributed by atoms with Gasteiger partial charge in [-0.05, 0) is 39.3 Å². The van der Waals surface area contributed by atoms with Crippen molar-refractivity contribution in [2.24, 2.45) is 5.92 Å². The van der Waals surface area contributed by atoms with E-state index in [0.717, 1.165) is 25.9 Å². The van der Waals surface area contributed by atoms with Crippen LogP contribution in [-0.4, -0.2) is 56.9 Å². The van der Waals surface area contributed by atoms with Crippen molar-refractivity contribution in [2.45, 2.75) is 45.3 Å². The lowest BCUT2D eigenvalue weighted by molar-refractivity contribution is 0.111. The van der Waals surface area contributed by atoms with E-state index in [1.807, 2.05) is 0 Å². The summed E-state index contributed by atoms with van der Waals surface area (Å²) in [5.41, 5.74) is 0. The van der Waals surface area contributed by atoms with E-state index in [4.69, 9.17) is 4.74 Å². The molecule has 0 spiro atoms. The number of nitrogens with zero attached hydrogens (tertiary/aromatic N) is 1. The number of ether oxygens (including phenoxy) is 1. The first-order valence-electron chi connectivity index (χ1n) is 7.28. The molecule has 1 rings (SSSR count). The largest absolute Gasteiger partial charge is 0.376 e. The van der Waals surface area contributed by atoms with Crippen LogP contribution in [0.3, 0.4) is 0 Å². The molecule has 1 aliphatic heterocycles. The number of likely N-dealkylation sites (N-methyl/N-ethyl adjacent to an activating group) is 1. The van der Waals surface area contributed by atoms with Gasteiger partial charge >= 0.3 is 6.03 Å². The number of nitrogens with one attached hydrogen (secondary N) is 2. The molecule has 0 aromatic heterocycles. The second kappa shape index (κ2) is 8.38. The zero-order valence-corrected chi connectivity index (χ0v) is 12.7. The van der Waals surface area contributed by atoms with Crippen LogP contribution in [0.5, 0.6) is 0 Å². The molecule has 2 atom stereocenters. The van der Waals surface area contributed by atoms with Gasteiger partial charge in [0.2, 0.25) is 0 Å². The molecule has 0 aromatic rings. The Morgan fingerprint density at radius 1 is 1.37 bits per heavy atom. The number of amides is 2. The maximum absolute atomic E-state index is 11.7. The third-order valence-electron chi connectivity index (χ3n) is 3.49. The second-order valence-corrected chi connectivity index (χ2v) is 5.97. The number of rotatable bonds is 7. The number of hydrogen-bond donors (Lipinski definition) is 2. The van der Waals surface area contributed by atoms with Gasteiger partial charge in [0.15, 0.2) is 0 Å². The van der Waals surface area contributed by atoms with E-state index >= 15 is 0 Å². The Balaban J connectivity index is 2.19. The Labute approximate surface area is 117 Å². The highest BCUT2D eigenvalue weighted by atomic mass is 16.5. The van der Waals surface area contributed by atoms with Gasteiger partial charge in [-0.25, -0.2) is 4.79 Å². The summed E-state index contributed by atoms with van der Waals surface area (Å²) in [5, 5.41) is 5.82. The maximum Gasteiger partial charge on any atom is 0.314 e. The number of carbonyl (C=O) groups is 1. The van der Waals surface area contributed by atoms with Crippen molar-refractivity contribution < 1.29 is 9.53 Å². The van der Waals surface area contributed by atoms with Crippen LogP contribution in [0.4, 0.5) is 4.79 Å². The smallest absolute Gasteiger partial charge is 0.314 e. The van der Waals surface area contributed by atoms with Gasteiger partial charge in [-0.3, -0.25) is 0 Å². The van der Waals surface area contributed by atoms with Crippen molar-refractivity contribution >= 4 is 6.03 Å².